The first kappa shape index (κ1) is 17.6. The van der Waals surface area contributed by atoms with Crippen LogP contribution in [0.15, 0.2) is 36.0 Å². The Morgan fingerprint density at radius 2 is 2.00 bits per heavy atom. The average molecular weight is 301 g/mol. The summed E-state index contributed by atoms with van der Waals surface area (Å²) >= 11 is 0. The highest BCUT2D eigenvalue weighted by Crippen LogP contribution is 2.41. The van der Waals surface area contributed by atoms with Gasteiger partial charge in [0.2, 0.25) is 0 Å². The molecule has 1 saturated carbocycles. The van der Waals surface area contributed by atoms with Crippen molar-refractivity contribution in [1.82, 2.24) is 0 Å². The molecule has 2 aliphatic carbocycles. The van der Waals surface area contributed by atoms with E-state index < -0.39 is 0 Å². The van der Waals surface area contributed by atoms with Crippen LogP contribution in [-0.2, 0) is 0 Å². The second-order valence-electron chi connectivity index (χ2n) is 7.97. The maximum Gasteiger partial charge on any atom is -0.0144 e. The van der Waals surface area contributed by atoms with E-state index in [0.29, 0.717) is 0 Å². The molecule has 124 valence electrons. The topological polar surface area (TPSA) is 0 Å². The Morgan fingerprint density at radius 1 is 1.27 bits per heavy atom. The summed E-state index contributed by atoms with van der Waals surface area (Å²) in [6, 6.07) is 0. The van der Waals surface area contributed by atoms with Crippen LogP contribution in [0.2, 0.25) is 0 Å². The molecule has 1 fully saturated rings. The SMILES string of the molecule is C=C(CC)CC1CC(CCC2=CC(C)C(C(C)CC)C=C2)C1. The minimum Gasteiger partial charge on any atom is -0.0999 e. The Balaban J connectivity index is 1.69. The normalized spacial score (nSPS) is 32.3. The minimum atomic E-state index is 0.719. The summed E-state index contributed by atoms with van der Waals surface area (Å²) in [6.45, 7) is 13.5. The van der Waals surface area contributed by atoms with Crippen LogP contribution in [0, 0.1) is 29.6 Å². The molecule has 22 heavy (non-hydrogen) atoms. The van der Waals surface area contributed by atoms with Crippen molar-refractivity contribution in [2.75, 3.05) is 0 Å². The van der Waals surface area contributed by atoms with Crippen molar-refractivity contribution in [3.05, 3.63) is 36.0 Å². The molecule has 0 aromatic carbocycles. The molecule has 0 nitrogen and oxygen atoms in total. The fourth-order valence-electron chi connectivity index (χ4n) is 4.26. The monoisotopic (exact) mass is 300 g/mol. The van der Waals surface area contributed by atoms with E-state index in [1.807, 2.05) is 0 Å². The Hall–Kier alpha value is -0.780. The van der Waals surface area contributed by atoms with Crippen LogP contribution in [0.3, 0.4) is 0 Å². The molecule has 0 bridgehead atoms. The van der Waals surface area contributed by atoms with E-state index in [1.54, 1.807) is 5.57 Å². The first-order chi connectivity index (χ1) is 10.5. The average Bonchev–Trinajstić information content (AvgIpc) is 2.48. The van der Waals surface area contributed by atoms with Crippen LogP contribution < -0.4 is 0 Å². The van der Waals surface area contributed by atoms with E-state index in [4.69, 9.17) is 0 Å². The Labute approximate surface area is 138 Å². The lowest BCUT2D eigenvalue weighted by molar-refractivity contribution is 0.180. The standard InChI is InChI=1S/C22H36/c1-6-16(3)12-21-14-20(15-21)9-8-19-10-11-22(17(4)7-2)18(5)13-19/h10-11,13,17-18,20-22H,3,6-9,12,14-15H2,1-2,4-5H3. The van der Waals surface area contributed by atoms with E-state index in [1.165, 1.54) is 44.1 Å². The van der Waals surface area contributed by atoms with E-state index in [0.717, 1.165) is 36.0 Å². The molecule has 2 aliphatic rings. The van der Waals surface area contributed by atoms with Gasteiger partial charge in [0.05, 0.1) is 0 Å². The summed E-state index contributed by atoms with van der Waals surface area (Å²) in [4.78, 5) is 0. The van der Waals surface area contributed by atoms with Crippen LogP contribution >= 0.6 is 0 Å². The van der Waals surface area contributed by atoms with E-state index >= 15 is 0 Å². The van der Waals surface area contributed by atoms with Gasteiger partial charge < -0.3 is 0 Å². The van der Waals surface area contributed by atoms with Gasteiger partial charge in [0, 0.05) is 0 Å². The van der Waals surface area contributed by atoms with Gasteiger partial charge in [-0.15, -0.1) is 0 Å². The maximum atomic E-state index is 4.16. The lowest BCUT2D eigenvalue weighted by Gasteiger charge is -2.36. The van der Waals surface area contributed by atoms with Crippen molar-refractivity contribution < 1.29 is 0 Å². The molecule has 0 spiro atoms. The second-order valence-corrected chi connectivity index (χ2v) is 7.97. The Bertz CT molecular complexity index is 419. The van der Waals surface area contributed by atoms with E-state index in [9.17, 15) is 0 Å². The van der Waals surface area contributed by atoms with Gasteiger partial charge in [0.25, 0.3) is 0 Å². The predicted octanol–water partition coefficient (Wildman–Crippen LogP) is 6.94. The van der Waals surface area contributed by atoms with Gasteiger partial charge in [0.1, 0.15) is 0 Å². The van der Waals surface area contributed by atoms with Gasteiger partial charge in [-0.1, -0.05) is 70.1 Å². The van der Waals surface area contributed by atoms with Crippen molar-refractivity contribution in [3.63, 3.8) is 0 Å². The van der Waals surface area contributed by atoms with Crippen LogP contribution in [0.1, 0.15) is 72.6 Å². The highest BCUT2D eigenvalue weighted by molar-refractivity contribution is 5.25. The third kappa shape index (κ3) is 4.61. The molecule has 0 radical (unpaired) electrons. The molecule has 3 unspecified atom stereocenters. The smallest absolute Gasteiger partial charge is 0.0144 e. The minimum absolute atomic E-state index is 0.719. The predicted molar refractivity (Wildman–Crippen MR) is 98.8 cm³/mol. The van der Waals surface area contributed by atoms with Gasteiger partial charge >= 0.3 is 0 Å². The Morgan fingerprint density at radius 3 is 2.59 bits per heavy atom. The second kappa shape index (κ2) is 8.18. The fraction of sp³-hybridized carbons (Fsp3) is 0.727. The molecule has 0 heterocycles. The van der Waals surface area contributed by atoms with Crippen LogP contribution in [0.4, 0.5) is 0 Å². The number of rotatable bonds is 8. The maximum absolute atomic E-state index is 4.16. The summed E-state index contributed by atoms with van der Waals surface area (Å²) in [7, 11) is 0. The van der Waals surface area contributed by atoms with E-state index in [2.05, 4.69) is 52.5 Å². The molecule has 0 aromatic heterocycles. The quantitative estimate of drug-likeness (QED) is 0.426. The van der Waals surface area contributed by atoms with Crippen molar-refractivity contribution in [3.8, 4) is 0 Å². The van der Waals surface area contributed by atoms with Crippen molar-refractivity contribution in [2.45, 2.75) is 72.6 Å². The van der Waals surface area contributed by atoms with Gasteiger partial charge in [0.15, 0.2) is 0 Å². The van der Waals surface area contributed by atoms with E-state index in [-0.39, 0.29) is 0 Å². The Kier molecular flexibility index (Phi) is 6.53. The van der Waals surface area contributed by atoms with Gasteiger partial charge in [-0.25, -0.2) is 0 Å². The van der Waals surface area contributed by atoms with Crippen molar-refractivity contribution >= 4 is 0 Å². The lowest BCUT2D eigenvalue weighted by Crippen LogP contribution is -2.24. The summed E-state index contributed by atoms with van der Waals surface area (Å²) < 4.78 is 0. The fourth-order valence-corrected chi connectivity index (χ4v) is 4.26. The lowest BCUT2D eigenvalue weighted by atomic mass is 9.69. The van der Waals surface area contributed by atoms with Gasteiger partial charge in [-0.2, -0.15) is 0 Å². The first-order valence-electron chi connectivity index (χ1n) is 9.58. The molecule has 0 aromatic rings. The zero-order chi connectivity index (χ0) is 16.1. The highest BCUT2D eigenvalue weighted by atomic mass is 14.3. The highest BCUT2D eigenvalue weighted by Gasteiger charge is 2.29. The van der Waals surface area contributed by atoms with Crippen LogP contribution in [0.25, 0.3) is 0 Å². The molecule has 3 atom stereocenters. The van der Waals surface area contributed by atoms with Gasteiger partial charge in [-0.3, -0.25) is 0 Å². The summed E-state index contributed by atoms with van der Waals surface area (Å²) in [5.41, 5.74) is 3.04. The summed E-state index contributed by atoms with van der Waals surface area (Å²) in [5, 5.41) is 0. The third-order valence-corrected chi connectivity index (χ3v) is 6.17. The number of allylic oxidation sites excluding steroid dienone is 5. The van der Waals surface area contributed by atoms with Crippen molar-refractivity contribution in [1.29, 1.82) is 0 Å². The van der Waals surface area contributed by atoms with Crippen molar-refractivity contribution in [2.24, 2.45) is 29.6 Å². The molecule has 0 heteroatoms. The molecular formula is C22H36. The first-order valence-corrected chi connectivity index (χ1v) is 9.58. The molecule has 0 saturated heterocycles. The van der Waals surface area contributed by atoms with Crippen LogP contribution in [0.5, 0.6) is 0 Å². The number of hydrogen-bond donors (Lipinski definition) is 0. The molecule has 0 amide bonds. The zero-order valence-corrected chi connectivity index (χ0v) is 15.3. The largest absolute Gasteiger partial charge is 0.0999 e. The summed E-state index contributed by atoms with van der Waals surface area (Å²) in [5.74, 6) is 4.20. The molecule has 2 rings (SSSR count). The molecule has 0 N–H and O–H groups in total. The summed E-state index contributed by atoms with van der Waals surface area (Å²) in [6.07, 6.45) is 16.8. The zero-order valence-electron chi connectivity index (χ0n) is 15.3. The van der Waals surface area contributed by atoms with Gasteiger partial charge in [-0.05, 0) is 68.1 Å². The molecular weight excluding hydrogens is 264 g/mol. The third-order valence-electron chi connectivity index (χ3n) is 6.17. The number of hydrogen-bond acceptors (Lipinski definition) is 0. The molecule has 0 aliphatic heterocycles. The van der Waals surface area contributed by atoms with Crippen LogP contribution in [-0.4, -0.2) is 0 Å².